The number of benzene rings is 6. The summed E-state index contributed by atoms with van der Waals surface area (Å²) < 4.78 is 2.51. The van der Waals surface area contributed by atoms with E-state index in [9.17, 15) is 0 Å². The molecule has 1 nitrogen and oxygen atoms in total. The van der Waals surface area contributed by atoms with E-state index in [0.29, 0.717) is 0 Å². The Hall–Kier alpha value is -4.62. The van der Waals surface area contributed by atoms with Crippen LogP contribution in [0.5, 0.6) is 0 Å². The molecule has 1 heterocycles. The molecule has 0 amide bonds. The third-order valence-corrected chi connectivity index (χ3v) is 9.09. The van der Waals surface area contributed by atoms with Crippen LogP contribution in [0.15, 0.2) is 115 Å². The molecule has 0 spiro atoms. The van der Waals surface area contributed by atoms with Gasteiger partial charge in [0.1, 0.15) is 0 Å². The normalized spacial score (nSPS) is 14.3. The smallest absolute Gasteiger partial charge is 0.0620 e. The third kappa shape index (κ3) is 2.29. The van der Waals surface area contributed by atoms with Crippen LogP contribution >= 0.6 is 0 Å². The Balaban J connectivity index is 1.56. The first-order valence-electron chi connectivity index (χ1n) is 13.5. The summed E-state index contributed by atoms with van der Waals surface area (Å²) in [5, 5.41) is 5.43. The molecule has 2 aliphatic rings. The fourth-order valence-corrected chi connectivity index (χ4v) is 7.58. The molecule has 38 heavy (non-hydrogen) atoms. The largest absolute Gasteiger partial charge is 0.309 e. The van der Waals surface area contributed by atoms with Gasteiger partial charge in [-0.2, -0.15) is 0 Å². The van der Waals surface area contributed by atoms with Crippen LogP contribution in [0, 0.1) is 0 Å². The summed E-state index contributed by atoms with van der Waals surface area (Å²) >= 11 is 0. The van der Waals surface area contributed by atoms with E-state index >= 15 is 0 Å². The van der Waals surface area contributed by atoms with Crippen molar-refractivity contribution >= 4 is 32.6 Å². The van der Waals surface area contributed by atoms with Crippen LogP contribution in [0.3, 0.4) is 0 Å². The number of rotatable bonds is 1. The van der Waals surface area contributed by atoms with Gasteiger partial charge < -0.3 is 4.57 Å². The van der Waals surface area contributed by atoms with Crippen molar-refractivity contribution in [1.29, 1.82) is 0 Å². The van der Waals surface area contributed by atoms with Crippen LogP contribution in [0.4, 0.5) is 0 Å². The van der Waals surface area contributed by atoms with Crippen molar-refractivity contribution in [3.8, 4) is 39.1 Å². The summed E-state index contributed by atoms with van der Waals surface area (Å²) in [4.78, 5) is 0. The highest BCUT2D eigenvalue weighted by Crippen LogP contribution is 2.56. The minimum Gasteiger partial charge on any atom is -0.309 e. The summed E-state index contributed by atoms with van der Waals surface area (Å²) in [6.07, 6.45) is 0. The predicted molar refractivity (Wildman–Crippen MR) is 160 cm³/mol. The van der Waals surface area contributed by atoms with Gasteiger partial charge in [-0.05, 0) is 74.2 Å². The Bertz CT molecular complexity index is 2140. The zero-order chi connectivity index (χ0) is 25.2. The van der Waals surface area contributed by atoms with Crippen molar-refractivity contribution in [3.05, 3.63) is 126 Å². The first-order chi connectivity index (χ1) is 18.6. The topological polar surface area (TPSA) is 4.93 Å². The van der Waals surface area contributed by atoms with Gasteiger partial charge in [0, 0.05) is 27.3 Å². The molecule has 7 aromatic rings. The van der Waals surface area contributed by atoms with Crippen LogP contribution in [-0.4, -0.2) is 4.57 Å². The van der Waals surface area contributed by atoms with Crippen LogP contribution in [0.1, 0.15) is 25.0 Å². The van der Waals surface area contributed by atoms with E-state index in [-0.39, 0.29) is 5.41 Å². The molecule has 0 saturated heterocycles. The summed E-state index contributed by atoms with van der Waals surface area (Å²) in [5.41, 5.74) is 14.7. The van der Waals surface area contributed by atoms with Gasteiger partial charge >= 0.3 is 0 Å². The monoisotopic (exact) mass is 483 g/mol. The summed E-state index contributed by atoms with van der Waals surface area (Å²) in [7, 11) is 0. The van der Waals surface area contributed by atoms with E-state index in [1.807, 2.05) is 0 Å². The average Bonchev–Trinajstić information content (AvgIpc) is 3.55. The van der Waals surface area contributed by atoms with E-state index in [4.69, 9.17) is 0 Å². The van der Waals surface area contributed by atoms with Gasteiger partial charge in [-0.15, -0.1) is 0 Å². The minimum absolute atomic E-state index is 0.0870. The van der Waals surface area contributed by atoms with Gasteiger partial charge in [-0.3, -0.25) is 0 Å². The Kier molecular flexibility index (Phi) is 3.67. The number of nitrogens with zero attached hydrogens (tertiary/aromatic N) is 1. The maximum atomic E-state index is 2.51. The molecule has 178 valence electrons. The molecule has 9 rings (SSSR count). The SMILES string of the molecule is CC1(C)c2ccccc2-c2ccc3c(c21)c1cc2c4c(cccc4c1n3-c1ccccc1)-c1ccccc1-2. The molecule has 0 N–H and O–H groups in total. The minimum atomic E-state index is -0.0870. The molecule has 1 aromatic heterocycles. The second-order valence-electron chi connectivity index (χ2n) is 11.3. The molecule has 1 heteroatoms. The summed E-state index contributed by atoms with van der Waals surface area (Å²) in [6, 6.07) is 42.8. The predicted octanol–water partition coefficient (Wildman–Crippen LogP) is 9.89. The van der Waals surface area contributed by atoms with Crippen molar-refractivity contribution in [2.75, 3.05) is 0 Å². The molecular formula is C37H25N. The molecular weight excluding hydrogens is 458 g/mol. The lowest BCUT2D eigenvalue weighted by atomic mass is 9.80. The van der Waals surface area contributed by atoms with E-state index < -0.39 is 0 Å². The summed E-state index contributed by atoms with van der Waals surface area (Å²) in [6.45, 7) is 4.80. The molecule has 0 saturated carbocycles. The van der Waals surface area contributed by atoms with Gasteiger partial charge in [-0.1, -0.05) is 105 Å². The highest BCUT2D eigenvalue weighted by molar-refractivity contribution is 6.28. The van der Waals surface area contributed by atoms with Gasteiger partial charge in [0.05, 0.1) is 11.0 Å². The van der Waals surface area contributed by atoms with Crippen molar-refractivity contribution < 1.29 is 0 Å². The zero-order valence-corrected chi connectivity index (χ0v) is 21.4. The quantitative estimate of drug-likeness (QED) is 0.219. The van der Waals surface area contributed by atoms with E-state index in [0.717, 1.165) is 0 Å². The van der Waals surface area contributed by atoms with Gasteiger partial charge in [0.15, 0.2) is 0 Å². The van der Waals surface area contributed by atoms with Gasteiger partial charge in [0.2, 0.25) is 0 Å². The first-order valence-corrected chi connectivity index (χ1v) is 13.5. The van der Waals surface area contributed by atoms with Crippen LogP contribution < -0.4 is 0 Å². The zero-order valence-electron chi connectivity index (χ0n) is 21.4. The standard InChI is InChI=1S/C37H25N/c1-37(2)31-18-9-8-15-25(31)27-19-20-32-34(35(27)37)30-21-29-24-14-7-6-13-23(24)26-16-10-17-28(33(26)29)36(30)38(32)22-11-4-3-5-12-22/h3-21H,1-2H3. The van der Waals surface area contributed by atoms with Crippen LogP contribution in [0.25, 0.3) is 71.6 Å². The Morgan fingerprint density at radius 2 is 1.18 bits per heavy atom. The molecule has 0 fully saturated rings. The lowest BCUT2D eigenvalue weighted by molar-refractivity contribution is 0.666. The lowest BCUT2D eigenvalue weighted by Gasteiger charge is -2.22. The molecule has 2 aliphatic carbocycles. The Morgan fingerprint density at radius 3 is 2.00 bits per heavy atom. The van der Waals surface area contributed by atoms with Gasteiger partial charge in [0.25, 0.3) is 0 Å². The maximum Gasteiger partial charge on any atom is 0.0620 e. The Morgan fingerprint density at radius 1 is 0.500 bits per heavy atom. The number of aromatic nitrogens is 1. The molecule has 0 atom stereocenters. The second kappa shape index (κ2) is 6.82. The summed E-state index contributed by atoms with van der Waals surface area (Å²) in [5.74, 6) is 0. The van der Waals surface area contributed by atoms with Gasteiger partial charge in [-0.25, -0.2) is 0 Å². The van der Waals surface area contributed by atoms with E-state index in [1.54, 1.807) is 0 Å². The fourth-order valence-electron chi connectivity index (χ4n) is 7.58. The highest BCUT2D eigenvalue weighted by Gasteiger charge is 2.38. The average molecular weight is 484 g/mol. The van der Waals surface area contributed by atoms with Crippen LogP contribution in [0.2, 0.25) is 0 Å². The van der Waals surface area contributed by atoms with E-state index in [2.05, 4.69) is 134 Å². The molecule has 0 bridgehead atoms. The first kappa shape index (κ1) is 20.4. The second-order valence-corrected chi connectivity index (χ2v) is 11.3. The third-order valence-electron chi connectivity index (χ3n) is 9.09. The number of hydrogen-bond acceptors (Lipinski definition) is 0. The maximum absolute atomic E-state index is 2.51. The van der Waals surface area contributed by atoms with Crippen molar-refractivity contribution in [2.24, 2.45) is 0 Å². The van der Waals surface area contributed by atoms with Crippen molar-refractivity contribution in [3.63, 3.8) is 0 Å². The highest BCUT2D eigenvalue weighted by atomic mass is 15.0. The molecule has 6 aromatic carbocycles. The van der Waals surface area contributed by atoms with Crippen molar-refractivity contribution in [2.45, 2.75) is 19.3 Å². The lowest BCUT2D eigenvalue weighted by Crippen LogP contribution is -2.15. The van der Waals surface area contributed by atoms with Crippen molar-refractivity contribution in [1.82, 2.24) is 4.57 Å². The molecule has 0 unspecified atom stereocenters. The molecule has 0 aliphatic heterocycles. The number of para-hydroxylation sites is 1. The molecule has 0 radical (unpaired) electrons. The number of hydrogen-bond donors (Lipinski definition) is 0. The van der Waals surface area contributed by atoms with Crippen LogP contribution in [-0.2, 0) is 5.41 Å². The fraction of sp³-hybridized carbons (Fsp3) is 0.0811. The van der Waals surface area contributed by atoms with E-state index in [1.165, 1.54) is 82.8 Å². The number of fused-ring (bicyclic) bond motifs is 11. The Labute approximate surface area is 221 Å².